The van der Waals surface area contributed by atoms with Crippen molar-refractivity contribution in [3.05, 3.63) is 38.0 Å². The summed E-state index contributed by atoms with van der Waals surface area (Å²) in [6.45, 7) is 10.4. The third-order valence-electron chi connectivity index (χ3n) is 1.07. The average Bonchev–Trinajstić information content (AvgIpc) is 2.39. The van der Waals surface area contributed by atoms with Gasteiger partial charge in [-0.25, -0.2) is 4.79 Å². The van der Waals surface area contributed by atoms with Gasteiger partial charge < -0.3 is 25.2 Å². The van der Waals surface area contributed by atoms with Crippen LogP contribution in [-0.2, 0) is 9.53 Å². The Morgan fingerprint density at radius 3 is 1.56 bits per heavy atom. The smallest absolute Gasteiger partial charge is 0.327 e. The van der Waals surface area contributed by atoms with Crippen LogP contribution < -0.4 is 0 Å². The molecule has 6 heteroatoms. The van der Waals surface area contributed by atoms with E-state index in [2.05, 4.69) is 19.7 Å². The fourth-order valence-corrected chi connectivity index (χ4v) is 0.292. The first-order chi connectivity index (χ1) is 8.49. The highest BCUT2D eigenvalue weighted by Gasteiger charge is 1.93. The number of hydrogen-bond donors (Lipinski definition) is 4. The summed E-state index contributed by atoms with van der Waals surface area (Å²) in [4.78, 5) is 9.25. The topological polar surface area (TPSA) is 107 Å². The van der Waals surface area contributed by atoms with Crippen molar-refractivity contribution in [2.75, 3.05) is 26.4 Å². The van der Waals surface area contributed by atoms with Gasteiger partial charge in [0, 0.05) is 6.08 Å². The number of ether oxygens (including phenoxy) is 1. The van der Waals surface area contributed by atoms with E-state index in [1.807, 2.05) is 0 Å². The molecule has 4 N–H and O–H groups in total. The van der Waals surface area contributed by atoms with Crippen molar-refractivity contribution < 1.29 is 30.0 Å². The van der Waals surface area contributed by atoms with Gasteiger partial charge >= 0.3 is 5.97 Å². The minimum Gasteiger partial charge on any atom is -0.478 e. The number of aliphatic hydroxyl groups excluding tert-OH is 3. The summed E-state index contributed by atoms with van der Waals surface area (Å²) in [5, 5.41) is 31.6. The number of carboxylic acids is 1. The standard InChI is InChI=1S/C6H10O.C3H8O3.C3H4O2/c1-3-5-7-6-4-2;4-1-3(6)2-5;1-2-3(4)5/h3-4H,1-2,5-6H2;3-6H,1-2H2;2H,1H2,(H,4,5). The van der Waals surface area contributed by atoms with E-state index in [1.165, 1.54) is 0 Å². The van der Waals surface area contributed by atoms with Crippen molar-refractivity contribution in [1.82, 2.24) is 0 Å². The van der Waals surface area contributed by atoms with Gasteiger partial charge in [-0.2, -0.15) is 0 Å². The van der Waals surface area contributed by atoms with Gasteiger partial charge in [0.1, 0.15) is 6.10 Å². The van der Waals surface area contributed by atoms with E-state index in [0.29, 0.717) is 13.2 Å². The molecule has 6 nitrogen and oxygen atoms in total. The van der Waals surface area contributed by atoms with Crippen molar-refractivity contribution >= 4 is 5.97 Å². The quantitative estimate of drug-likeness (QED) is 0.291. The Labute approximate surface area is 107 Å². The maximum atomic E-state index is 9.25. The number of aliphatic carboxylic acids is 1. The summed E-state index contributed by atoms with van der Waals surface area (Å²) < 4.78 is 4.90. The Hall–Kier alpha value is -1.47. The highest BCUT2D eigenvalue weighted by molar-refractivity contribution is 5.78. The normalized spacial score (nSPS) is 8.22. The lowest BCUT2D eigenvalue weighted by molar-refractivity contribution is -0.131. The predicted octanol–water partition coefficient (Wildman–Crippen LogP) is -0.0361. The van der Waals surface area contributed by atoms with Crippen LogP contribution in [-0.4, -0.2) is 58.9 Å². The van der Waals surface area contributed by atoms with E-state index >= 15 is 0 Å². The van der Waals surface area contributed by atoms with Crippen LogP contribution in [0.15, 0.2) is 38.0 Å². The van der Waals surface area contributed by atoms with E-state index < -0.39 is 12.1 Å². The van der Waals surface area contributed by atoms with Gasteiger partial charge in [0.05, 0.1) is 26.4 Å². The molecule has 0 aromatic rings. The summed E-state index contributed by atoms with van der Waals surface area (Å²) in [5.41, 5.74) is 0. The largest absolute Gasteiger partial charge is 0.478 e. The summed E-state index contributed by atoms with van der Waals surface area (Å²) in [7, 11) is 0. The second-order valence-electron chi connectivity index (χ2n) is 2.68. The number of carboxylic acid groups (broad SMARTS) is 1. The number of hydrogen-bond acceptors (Lipinski definition) is 5. The molecule has 0 aromatic carbocycles. The Morgan fingerprint density at radius 2 is 1.44 bits per heavy atom. The lowest BCUT2D eigenvalue weighted by atomic mass is 10.4. The lowest BCUT2D eigenvalue weighted by Gasteiger charge is -1.96. The highest BCUT2D eigenvalue weighted by atomic mass is 16.5. The maximum absolute atomic E-state index is 9.25. The Morgan fingerprint density at radius 1 is 1.11 bits per heavy atom. The zero-order valence-corrected chi connectivity index (χ0v) is 10.4. The first-order valence-corrected chi connectivity index (χ1v) is 5.04. The molecule has 0 saturated heterocycles. The van der Waals surface area contributed by atoms with Crippen molar-refractivity contribution in [3.8, 4) is 0 Å². The molecule has 0 amide bonds. The Kier molecular flexibility index (Phi) is 25.3. The van der Waals surface area contributed by atoms with Gasteiger partial charge in [-0.15, -0.1) is 13.2 Å². The minimum atomic E-state index is -0.981. The monoisotopic (exact) mass is 262 g/mol. The highest BCUT2D eigenvalue weighted by Crippen LogP contribution is 1.73. The summed E-state index contributed by atoms with van der Waals surface area (Å²) in [5.74, 6) is -0.981. The SMILES string of the molecule is C=CC(=O)O.C=CCOCC=C.OCC(O)CO. The molecule has 0 aromatic heterocycles. The lowest BCUT2D eigenvalue weighted by Crippen LogP contribution is -2.15. The molecule has 0 unspecified atom stereocenters. The van der Waals surface area contributed by atoms with Crippen LogP contribution in [0.5, 0.6) is 0 Å². The molecule has 0 spiro atoms. The summed E-state index contributed by atoms with van der Waals surface area (Å²) >= 11 is 0. The van der Waals surface area contributed by atoms with Crippen LogP contribution in [0.4, 0.5) is 0 Å². The van der Waals surface area contributed by atoms with Crippen molar-refractivity contribution in [2.24, 2.45) is 0 Å². The molecule has 0 bridgehead atoms. The van der Waals surface area contributed by atoms with Gasteiger partial charge in [-0.1, -0.05) is 18.7 Å². The summed E-state index contributed by atoms with van der Waals surface area (Å²) in [6, 6.07) is 0. The van der Waals surface area contributed by atoms with Crippen LogP contribution in [0.1, 0.15) is 0 Å². The van der Waals surface area contributed by atoms with Crippen LogP contribution in [0.25, 0.3) is 0 Å². The van der Waals surface area contributed by atoms with E-state index in [9.17, 15) is 4.79 Å². The molecule has 0 aliphatic rings. The van der Waals surface area contributed by atoms with Crippen LogP contribution >= 0.6 is 0 Å². The fourth-order valence-electron chi connectivity index (χ4n) is 0.292. The molecular weight excluding hydrogens is 240 g/mol. The zero-order valence-electron chi connectivity index (χ0n) is 10.4. The van der Waals surface area contributed by atoms with E-state index in [0.717, 1.165) is 6.08 Å². The van der Waals surface area contributed by atoms with E-state index in [4.69, 9.17) is 25.2 Å². The van der Waals surface area contributed by atoms with Crippen molar-refractivity contribution in [2.45, 2.75) is 6.10 Å². The number of rotatable bonds is 7. The van der Waals surface area contributed by atoms with Gasteiger partial charge in [0.2, 0.25) is 0 Å². The maximum Gasteiger partial charge on any atom is 0.327 e. The predicted molar refractivity (Wildman–Crippen MR) is 69.2 cm³/mol. The second kappa shape index (κ2) is 20.9. The molecule has 0 fully saturated rings. The molecule has 0 aliphatic heterocycles. The van der Waals surface area contributed by atoms with Crippen molar-refractivity contribution in [1.29, 1.82) is 0 Å². The first kappa shape index (κ1) is 21.8. The third-order valence-corrected chi connectivity index (χ3v) is 1.07. The van der Waals surface area contributed by atoms with Crippen LogP contribution in [0, 0.1) is 0 Å². The Balaban J connectivity index is -0.000000190. The molecule has 18 heavy (non-hydrogen) atoms. The average molecular weight is 262 g/mol. The molecule has 0 saturated carbocycles. The molecular formula is C12H22O6. The van der Waals surface area contributed by atoms with Gasteiger partial charge in [0.25, 0.3) is 0 Å². The number of aliphatic hydroxyl groups is 3. The molecule has 0 rings (SSSR count). The summed E-state index contributed by atoms with van der Waals surface area (Å²) in [6.07, 6.45) is 3.30. The van der Waals surface area contributed by atoms with Gasteiger partial charge in [-0.3, -0.25) is 0 Å². The molecule has 0 atom stereocenters. The Bertz CT molecular complexity index is 203. The van der Waals surface area contributed by atoms with Crippen molar-refractivity contribution in [3.63, 3.8) is 0 Å². The molecule has 0 heterocycles. The van der Waals surface area contributed by atoms with Crippen LogP contribution in [0.3, 0.4) is 0 Å². The third kappa shape index (κ3) is 36.6. The van der Waals surface area contributed by atoms with Crippen LogP contribution in [0.2, 0.25) is 0 Å². The van der Waals surface area contributed by atoms with E-state index in [-0.39, 0.29) is 13.2 Å². The molecule has 106 valence electrons. The van der Waals surface area contributed by atoms with Gasteiger partial charge in [-0.05, 0) is 0 Å². The fraction of sp³-hybridized carbons (Fsp3) is 0.417. The number of carbonyl (C=O) groups is 1. The molecule has 0 aliphatic carbocycles. The molecule has 0 radical (unpaired) electrons. The minimum absolute atomic E-state index is 0.365. The van der Waals surface area contributed by atoms with Gasteiger partial charge in [0.15, 0.2) is 0 Å². The second-order valence-corrected chi connectivity index (χ2v) is 2.68. The first-order valence-electron chi connectivity index (χ1n) is 5.04. The zero-order chi connectivity index (χ0) is 14.8. The van der Waals surface area contributed by atoms with E-state index in [1.54, 1.807) is 12.2 Å².